The smallest absolute Gasteiger partial charge is 0.244 e. The lowest BCUT2D eigenvalue weighted by Crippen LogP contribution is -2.53. The average molecular weight is 401 g/mol. The van der Waals surface area contributed by atoms with E-state index in [2.05, 4.69) is 4.98 Å². The van der Waals surface area contributed by atoms with Gasteiger partial charge in [0.15, 0.2) is 0 Å². The number of sulfonamides is 1. The summed E-state index contributed by atoms with van der Waals surface area (Å²) in [6, 6.07) is 10.5. The maximum Gasteiger partial charge on any atom is 0.244 e. The van der Waals surface area contributed by atoms with Gasteiger partial charge in [0.05, 0.1) is 18.0 Å². The maximum atomic E-state index is 13.3. The number of nitrogens with one attached hydrogen (secondary N) is 1. The first-order valence-electron chi connectivity index (χ1n) is 8.44. The fourth-order valence-electron chi connectivity index (χ4n) is 3.17. The molecule has 2 heterocycles. The van der Waals surface area contributed by atoms with Crippen molar-refractivity contribution < 1.29 is 22.4 Å². The summed E-state index contributed by atoms with van der Waals surface area (Å²) in [6.45, 7) is -0.749. The van der Waals surface area contributed by atoms with Crippen molar-refractivity contribution in [2.75, 3.05) is 20.1 Å². The number of imide groups is 1. The van der Waals surface area contributed by atoms with E-state index < -0.39 is 21.8 Å². The summed E-state index contributed by atoms with van der Waals surface area (Å²) in [6.07, 6.45) is 1.73. The van der Waals surface area contributed by atoms with Crippen molar-refractivity contribution in [3.63, 3.8) is 0 Å². The van der Waals surface area contributed by atoms with Gasteiger partial charge in [-0.3, -0.25) is 14.5 Å². The Kier molecular flexibility index (Phi) is 4.28. The molecule has 2 amide bonds. The highest BCUT2D eigenvalue weighted by atomic mass is 32.2. The van der Waals surface area contributed by atoms with Crippen LogP contribution in [-0.2, 0) is 19.6 Å². The lowest BCUT2D eigenvalue weighted by molar-refractivity contribution is -0.147. The van der Waals surface area contributed by atoms with E-state index in [-0.39, 0.29) is 23.8 Å². The summed E-state index contributed by atoms with van der Waals surface area (Å²) in [7, 11) is -2.65. The van der Waals surface area contributed by atoms with Gasteiger partial charge in [-0.25, -0.2) is 12.8 Å². The summed E-state index contributed by atoms with van der Waals surface area (Å²) in [4.78, 5) is 27.5. The van der Waals surface area contributed by atoms with E-state index in [0.717, 1.165) is 25.7 Å². The van der Waals surface area contributed by atoms with Crippen molar-refractivity contribution in [1.82, 2.24) is 14.2 Å². The van der Waals surface area contributed by atoms with E-state index in [1.165, 1.54) is 31.3 Å². The topological polar surface area (TPSA) is 90.6 Å². The van der Waals surface area contributed by atoms with Crippen molar-refractivity contribution >= 4 is 32.7 Å². The zero-order valence-corrected chi connectivity index (χ0v) is 15.7. The Balaban J connectivity index is 1.65. The van der Waals surface area contributed by atoms with Gasteiger partial charge in [0, 0.05) is 29.7 Å². The monoisotopic (exact) mass is 401 g/mol. The Labute approximate surface area is 160 Å². The van der Waals surface area contributed by atoms with Gasteiger partial charge in [-0.2, -0.15) is 4.31 Å². The minimum absolute atomic E-state index is 0.00714. The van der Waals surface area contributed by atoms with Crippen LogP contribution in [-0.4, -0.2) is 54.6 Å². The molecule has 144 valence electrons. The standard InChI is InChI=1S/C19H16FN3O4S/c1-22-18(24)10-23(11-19(22)25)28(26,27)14-5-2-12(3-6-14)16-9-21-17-8-13(20)4-7-15(16)17/h2-9,21H,10-11H2,1H3. The third-order valence-electron chi connectivity index (χ3n) is 4.82. The number of amides is 2. The quantitative estimate of drug-likeness (QED) is 0.680. The van der Waals surface area contributed by atoms with Crippen LogP contribution in [0.2, 0.25) is 0 Å². The molecule has 28 heavy (non-hydrogen) atoms. The number of benzene rings is 2. The van der Waals surface area contributed by atoms with Crippen molar-refractivity contribution in [2.24, 2.45) is 0 Å². The average Bonchev–Trinajstić information content (AvgIpc) is 3.08. The lowest BCUT2D eigenvalue weighted by Gasteiger charge is -2.29. The largest absolute Gasteiger partial charge is 0.360 e. The molecule has 1 aromatic heterocycles. The zero-order valence-electron chi connectivity index (χ0n) is 14.8. The van der Waals surface area contributed by atoms with Gasteiger partial charge in [0.25, 0.3) is 0 Å². The van der Waals surface area contributed by atoms with Crippen LogP contribution in [0.25, 0.3) is 22.0 Å². The Hall–Kier alpha value is -3.04. The molecule has 1 fully saturated rings. The van der Waals surface area contributed by atoms with Gasteiger partial charge >= 0.3 is 0 Å². The fraction of sp³-hybridized carbons (Fsp3) is 0.158. The van der Waals surface area contributed by atoms with Crippen molar-refractivity contribution in [1.29, 1.82) is 0 Å². The van der Waals surface area contributed by atoms with E-state index in [0.29, 0.717) is 5.52 Å². The molecule has 0 aliphatic carbocycles. The molecule has 4 rings (SSSR count). The van der Waals surface area contributed by atoms with E-state index in [1.807, 2.05) is 0 Å². The second-order valence-electron chi connectivity index (χ2n) is 6.54. The van der Waals surface area contributed by atoms with Gasteiger partial charge in [-0.1, -0.05) is 12.1 Å². The summed E-state index contributed by atoms with van der Waals surface area (Å²) in [5.74, 6) is -1.48. The number of likely N-dealkylation sites (N-methyl/N-ethyl adjacent to an activating group) is 1. The molecule has 3 aromatic rings. The first-order valence-corrected chi connectivity index (χ1v) is 9.88. The number of H-pyrrole nitrogens is 1. The second-order valence-corrected chi connectivity index (χ2v) is 8.47. The molecule has 0 saturated carbocycles. The number of hydrogen-bond donors (Lipinski definition) is 1. The van der Waals surface area contributed by atoms with Gasteiger partial charge in [0.1, 0.15) is 5.82 Å². The van der Waals surface area contributed by atoms with Crippen LogP contribution in [0, 0.1) is 5.82 Å². The molecule has 1 N–H and O–H groups in total. The molecule has 9 heteroatoms. The third kappa shape index (κ3) is 2.98. The summed E-state index contributed by atoms with van der Waals surface area (Å²) in [5.41, 5.74) is 2.20. The van der Waals surface area contributed by atoms with E-state index >= 15 is 0 Å². The van der Waals surface area contributed by atoms with Crippen molar-refractivity contribution in [3.05, 3.63) is 54.5 Å². The fourth-order valence-corrected chi connectivity index (χ4v) is 4.51. The van der Waals surface area contributed by atoms with E-state index in [9.17, 15) is 22.4 Å². The Bertz CT molecular complexity index is 1180. The number of nitrogens with zero attached hydrogens (tertiary/aromatic N) is 2. The molecular formula is C19H16FN3O4S. The van der Waals surface area contributed by atoms with Crippen LogP contribution in [0.15, 0.2) is 53.6 Å². The van der Waals surface area contributed by atoms with E-state index in [4.69, 9.17) is 0 Å². The molecule has 0 spiro atoms. The predicted molar refractivity (Wildman–Crippen MR) is 100 cm³/mol. The van der Waals surface area contributed by atoms with Crippen molar-refractivity contribution in [2.45, 2.75) is 4.90 Å². The molecule has 1 aliphatic heterocycles. The SMILES string of the molecule is CN1C(=O)CN(S(=O)(=O)c2ccc(-c3c[nH]c4cc(F)ccc34)cc2)CC1=O. The minimum atomic E-state index is -3.98. The predicted octanol–water partition coefficient (Wildman–Crippen LogP) is 1.96. The second kappa shape index (κ2) is 6.54. The zero-order chi connectivity index (χ0) is 20.1. The molecule has 2 aromatic carbocycles. The minimum Gasteiger partial charge on any atom is -0.360 e. The summed E-state index contributed by atoms with van der Waals surface area (Å²) < 4.78 is 39.8. The molecule has 0 bridgehead atoms. The number of fused-ring (bicyclic) bond motifs is 1. The highest BCUT2D eigenvalue weighted by Crippen LogP contribution is 2.30. The molecule has 0 unspecified atom stereocenters. The Morgan fingerprint density at radius 2 is 1.64 bits per heavy atom. The maximum absolute atomic E-state index is 13.3. The first kappa shape index (κ1) is 18.3. The number of rotatable bonds is 3. The van der Waals surface area contributed by atoms with Crippen LogP contribution in [0.5, 0.6) is 0 Å². The number of carbonyl (C=O) groups excluding carboxylic acids is 2. The Morgan fingerprint density at radius 3 is 2.29 bits per heavy atom. The number of carbonyl (C=O) groups is 2. The number of piperazine rings is 1. The van der Waals surface area contributed by atoms with Crippen LogP contribution in [0.1, 0.15) is 0 Å². The highest BCUT2D eigenvalue weighted by Gasteiger charge is 2.36. The molecule has 1 aliphatic rings. The van der Waals surface area contributed by atoms with Crippen LogP contribution in [0.4, 0.5) is 4.39 Å². The molecule has 0 atom stereocenters. The normalized spacial score (nSPS) is 16.1. The third-order valence-corrected chi connectivity index (χ3v) is 6.62. The van der Waals surface area contributed by atoms with Crippen LogP contribution < -0.4 is 0 Å². The van der Waals surface area contributed by atoms with Gasteiger partial charge in [0.2, 0.25) is 21.8 Å². The van der Waals surface area contributed by atoms with Crippen LogP contribution >= 0.6 is 0 Å². The molecular weight excluding hydrogens is 385 g/mol. The van der Waals surface area contributed by atoms with Gasteiger partial charge in [-0.05, 0) is 35.9 Å². The van der Waals surface area contributed by atoms with E-state index in [1.54, 1.807) is 24.4 Å². The first-order chi connectivity index (χ1) is 13.3. The molecule has 0 radical (unpaired) electrons. The molecule has 1 saturated heterocycles. The number of aromatic nitrogens is 1. The molecule has 7 nitrogen and oxygen atoms in total. The lowest BCUT2D eigenvalue weighted by atomic mass is 10.1. The van der Waals surface area contributed by atoms with Crippen LogP contribution in [0.3, 0.4) is 0 Å². The van der Waals surface area contributed by atoms with Gasteiger partial charge in [-0.15, -0.1) is 0 Å². The van der Waals surface area contributed by atoms with Crippen molar-refractivity contribution in [3.8, 4) is 11.1 Å². The number of halogens is 1. The Morgan fingerprint density at radius 1 is 1.00 bits per heavy atom. The summed E-state index contributed by atoms with van der Waals surface area (Å²) in [5, 5.41) is 0.812. The number of aromatic amines is 1. The highest BCUT2D eigenvalue weighted by molar-refractivity contribution is 7.89. The number of hydrogen-bond acceptors (Lipinski definition) is 4. The summed E-state index contributed by atoms with van der Waals surface area (Å²) >= 11 is 0. The van der Waals surface area contributed by atoms with Gasteiger partial charge < -0.3 is 4.98 Å².